The molecule has 0 aromatic heterocycles. The molecule has 0 unspecified atom stereocenters. The summed E-state index contributed by atoms with van der Waals surface area (Å²) in [4.78, 5) is 39.5. The Balaban J connectivity index is 1.69. The van der Waals surface area contributed by atoms with Crippen LogP contribution in [0.2, 0.25) is 10.0 Å². The van der Waals surface area contributed by atoms with Crippen molar-refractivity contribution in [3.05, 3.63) is 95.9 Å². The number of halogens is 4. The number of carbonyl (C=O) groups excluding carboxylic acids is 3. The first-order valence-corrected chi connectivity index (χ1v) is 12.5. The van der Waals surface area contributed by atoms with Crippen molar-refractivity contribution in [1.82, 2.24) is 5.32 Å². The van der Waals surface area contributed by atoms with Crippen LogP contribution in [-0.4, -0.2) is 17.8 Å². The number of carbonyl (C=O) groups is 3. The van der Waals surface area contributed by atoms with E-state index in [0.717, 1.165) is 9.37 Å². The van der Waals surface area contributed by atoms with Gasteiger partial charge in [0.2, 0.25) is 0 Å². The van der Waals surface area contributed by atoms with Crippen LogP contribution in [0.25, 0.3) is 6.08 Å². The fourth-order valence-corrected chi connectivity index (χ4v) is 4.78. The van der Waals surface area contributed by atoms with E-state index in [-0.39, 0.29) is 12.2 Å². The molecule has 3 aromatic carbocycles. The first-order chi connectivity index (χ1) is 16.6. The van der Waals surface area contributed by atoms with Crippen LogP contribution in [0.4, 0.5) is 10.5 Å². The number of amides is 4. The topological polar surface area (TPSA) is 75.7 Å². The monoisotopic (exact) mass is 636 g/mol. The highest BCUT2D eigenvalue weighted by molar-refractivity contribution is 9.10. The van der Waals surface area contributed by atoms with Gasteiger partial charge in [-0.15, -0.1) is 0 Å². The number of nitrogens with one attached hydrogen (secondary N) is 1. The summed E-state index contributed by atoms with van der Waals surface area (Å²) in [5.41, 5.74) is 2.02. The minimum Gasteiger partial charge on any atom is -0.488 e. The molecule has 1 aliphatic heterocycles. The molecule has 35 heavy (non-hydrogen) atoms. The van der Waals surface area contributed by atoms with Crippen molar-refractivity contribution in [1.29, 1.82) is 0 Å². The molecule has 0 aliphatic carbocycles. The molecule has 1 heterocycles. The SMILES string of the molecule is Cc1cc(Br)ccc1N1C(=O)NC(=O)/C(=C/c2cc(Br)ccc2OCc2ccc(Cl)cc2Cl)C1=O. The third kappa shape index (κ3) is 5.62. The van der Waals surface area contributed by atoms with E-state index in [4.69, 9.17) is 27.9 Å². The van der Waals surface area contributed by atoms with E-state index in [1.165, 1.54) is 6.08 Å². The highest BCUT2D eigenvalue weighted by atomic mass is 79.9. The summed E-state index contributed by atoms with van der Waals surface area (Å²) >= 11 is 19.0. The van der Waals surface area contributed by atoms with Gasteiger partial charge in [0, 0.05) is 30.1 Å². The molecule has 1 N–H and O–H groups in total. The van der Waals surface area contributed by atoms with Gasteiger partial charge < -0.3 is 4.74 Å². The average molecular weight is 639 g/mol. The molecule has 4 rings (SSSR count). The fourth-order valence-electron chi connectivity index (χ4n) is 3.46. The van der Waals surface area contributed by atoms with Crippen LogP contribution in [0.3, 0.4) is 0 Å². The molecular weight excluding hydrogens is 623 g/mol. The second kappa shape index (κ2) is 10.5. The van der Waals surface area contributed by atoms with E-state index in [2.05, 4.69) is 37.2 Å². The summed E-state index contributed by atoms with van der Waals surface area (Å²) in [6, 6.07) is 14.6. The number of anilines is 1. The van der Waals surface area contributed by atoms with Crippen molar-refractivity contribution in [2.24, 2.45) is 0 Å². The molecule has 1 fully saturated rings. The van der Waals surface area contributed by atoms with Crippen molar-refractivity contribution < 1.29 is 19.1 Å². The van der Waals surface area contributed by atoms with Gasteiger partial charge in [0.05, 0.1) is 5.69 Å². The largest absolute Gasteiger partial charge is 0.488 e. The normalized spacial score (nSPS) is 14.9. The van der Waals surface area contributed by atoms with Gasteiger partial charge in [0.1, 0.15) is 17.9 Å². The molecule has 178 valence electrons. The lowest BCUT2D eigenvalue weighted by atomic mass is 10.0. The Hall–Kier alpha value is -2.65. The Morgan fingerprint density at radius 1 is 0.971 bits per heavy atom. The minimum absolute atomic E-state index is 0.136. The predicted octanol–water partition coefficient (Wildman–Crippen LogP) is 7.07. The molecule has 0 radical (unpaired) electrons. The molecule has 6 nitrogen and oxygen atoms in total. The smallest absolute Gasteiger partial charge is 0.335 e. The maximum absolute atomic E-state index is 13.3. The van der Waals surface area contributed by atoms with E-state index >= 15 is 0 Å². The van der Waals surface area contributed by atoms with Crippen LogP contribution < -0.4 is 15.0 Å². The maximum Gasteiger partial charge on any atom is 0.335 e. The number of rotatable bonds is 5. The maximum atomic E-state index is 13.3. The number of hydrogen-bond donors (Lipinski definition) is 1. The van der Waals surface area contributed by atoms with E-state index in [1.807, 2.05) is 0 Å². The van der Waals surface area contributed by atoms with Gasteiger partial charge in [-0.25, -0.2) is 9.69 Å². The molecule has 10 heteroatoms. The average Bonchev–Trinajstić information content (AvgIpc) is 2.78. The van der Waals surface area contributed by atoms with Gasteiger partial charge in [0.15, 0.2) is 0 Å². The molecule has 4 amide bonds. The second-order valence-corrected chi connectivity index (χ2v) is 10.3. The molecule has 0 spiro atoms. The Kier molecular flexibility index (Phi) is 7.66. The van der Waals surface area contributed by atoms with Crippen LogP contribution in [-0.2, 0) is 16.2 Å². The minimum atomic E-state index is -0.814. The number of urea groups is 1. The summed E-state index contributed by atoms with van der Waals surface area (Å²) in [6.45, 7) is 1.90. The zero-order valence-corrected chi connectivity index (χ0v) is 22.8. The summed E-state index contributed by atoms with van der Waals surface area (Å²) in [5, 5.41) is 3.20. The van der Waals surface area contributed by atoms with Gasteiger partial charge >= 0.3 is 6.03 Å². The number of imide groups is 2. The van der Waals surface area contributed by atoms with E-state index in [0.29, 0.717) is 42.6 Å². The fraction of sp³-hybridized carbons (Fsp3) is 0.0800. The van der Waals surface area contributed by atoms with Gasteiger partial charge in [-0.05, 0) is 67.1 Å². The first kappa shape index (κ1) is 25.4. The zero-order valence-electron chi connectivity index (χ0n) is 18.1. The number of aryl methyl sites for hydroxylation is 1. The number of hydrogen-bond acceptors (Lipinski definition) is 4. The molecule has 0 bridgehead atoms. The van der Waals surface area contributed by atoms with Crippen molar-refractivity contribution in [2.75, 3.05) is 4.90 Å². The van der Waals surface area contributed by atoms with E-state index in [9.17, 15) is 14.4 Å². The summed E-state index contributed by atoms with van der Waals surface area (Å²) in [5.74, 6) is -1.12. The summed E-state index contributed by atoms with van der Waals surface area (Å²) in [6.07, 6.45) is 1.40. The van der Waals surface area contributed by atoms with E-state index in [1.54, 1.807) is 61.5 Å². The van der Waals surface area contributed by atoms with Crippen molar-refractivity contribution >= 4 is 84.7 Å². The Morgan fingerprint density at radius 2 is 1.69 bits per heavy atom. The lowest BCUT2D eigenvalue weighted by Gasteiger charge is -2.27. The molecule has 1 saturated heterocycles. The summed E-state index contributed by atoms with van der Waals surface area (Å²) in [7, 11) is 0. The second-order valence-electron chi connectivity index (χ2n) is 7.60. The zero-order chi connectivity index (χ0) is 25.3. The van der Waals surface area contributed by atoms with Gasteiger partial charge in [-0.2, -0.15) is 0 Å². The van der Waals surface area contributed by atoms with E-state index < -0.39 is 17.8 Å². The van der Waals surface area contributed by atoms with Crippen LogP contribution in [0.5, 0.6) is 5.75 Å². The van der Waals surface area contributed by atoms with Gasteiger partial charge in [-0.1, -0.05) is 61.1 Å². The number of benzene rings is 3. The third-order valence-corrected chi connectivity index (χ3v) is 6.74. The lowest BCUT2D eigenvalue weighted by molar-refractivity contribution is -0.122. The molecule has 0 atom stereocenters. The van der Waals surface area contributed by atoms with Gasteiger partial charge in [-0.3, -0.25) is 14.9 Å². The molecular formula is C25H16Br2Cl2N2O4. The quantitative estimate of drug-likeness (QED) is 0.240. The van der Waals surface area contributed by atoms with Crippen molar-refractivity contribution in [3.8, 4) is 5.75 Å². The van der Waals surface area contributed by atoms with Gasteiger partial charge in [0.25, 0.3) is 11.8 Å². The Bertz CT molecular complexity index is 1410. The van der Waals surface area contributed by atoms with Crippen molar-refractivity contribution in [2.45, 2.75) is 13.5 Å². The first-order valence-electron chi connectivity index (χ1n) is 10.2. The Morgan fingerprint density at radius 3 is 2.40 bits per heavy atom. The van der Waals surface area contributed by atoms with Crippen LogP contribution in [0, 0.1) is 6.92 Å². The number of barbiturate groups is 1. The number of ether oxygens (including phenoxy) is 1. The highest BCUT2D eigenvalue weighted by Crippen LogP contribution is 2.31. The van der Waals surface area contributed by atoms with Crippen LogP contribution in [0.15, 0.2) is 69.1 Å². The molecule has 3 aromatic rings. The highest BCUT2D eigenvalue weighted by Gasteiger charge is 2.37. The number of nitrogens with zero attached hydrogens (tertiary/aromatic N) is 1. The summed E-state index contributed by atoms with van der Waals surface area (Å²) < 4.78 is 7.46. The lowest BCUT2D eigenvalue weighted by Crippen LogP contribution is -2.54. The Labute approximate surface area is 228 Å². The van der Waals surface area contributed by atoms with Crippen LogP contribution in [0.1, 0.15) is 16.7 Å². The predicted molar refractivity (Wildman–Crippen MR) is 143 cm³/mol. The molecule has 1 aliphatic rings. The van der Waals surface area contributed by atoms with Crippen molar-refractivity contribution in [3.63, 3.8) is 0 Å². The standard InChI is InChI=1S/C25H16Br2Cl2N2O4/c1-13-8-16(26)3-6-21(13)31-24(33)19(23(32)30-25(31)34)10-15-9-17(27)4-7-22(15)35-12-14-2-5-18(28)11-20(14)29/h2-11H,12H2,1H3,(H,30,32,34)/b19-10-. The molecule has 0 saturated carbocycles. The van der Waals surface area contributed by atoms with Crippen LogP contribution >= 0.6 is 55.1 Å². The third-order valence-electron chi connectivity index (χ3n) is 5.17.